The van der Waals surface area contributed by atoms with Gasteiger partial charge in [-0.15, -0.1) is 0 Å². The molecule has 5 heteroatoms. The summed E-state index contributed by atoms with van der Waals surface area (Å²) in [6.45, 7) is 7.16. The molecule has 0 bridgehead atoms. The van der Waals surface area contributed by atoms with Crippen LogP contribution in [0.4, 0.5) is 11.4 Å². The van der Waals surface area contributed by atoms with Crippen molar-refractivity contribution < 1.29 is 8.42 Å². The van der Waals surface area contributed by atoms with Crippen LogP contribution in [0.15, 0.2) is 23.1 Å². The zero-order valence-corrected chi connectivity index (χ0v) is 12.3. The molecule has 0 amide bonds. The van der Waals surface area contributed by atoms with Gasteiger partial charge in [0.25, 0.3) is 0 Å². The smallest absolute Gasteiger partial charge is 0.175 e. The Morgan fingerprint density at radius 1 is 1.33 bits per heavy atom. The lowest BCUT2D eigenvalue weighted by atomic mass is 10.1. The molecular weight excluding hydrogens is 248 g/mol. The second kappa shape index (κ2) is 5.61. The lowest BCUT2D eigenvalue weighted by Crippen LogP contribution is -2.32. The normalized spacial score (nSPS) is 13.3. The molecule has 0 heterocycles. The Bertz CT molecular complexity index is 512. The molecule has 4 nitrogen and oxygen atoms in total. The van der Waals surface area contributed by atoms with E-state index >= 15 is 0 Å². The van der Waals surface area contributed by atoms with Crippen LogP contribution in [-0.4, -0.2) is 27.3 Å². The maximum absolute atomic E-state index is 11.5. The Hall–Kier alpha value is -1.23. The van der Waals surface area contributed by atoms with Gasteiger partial charge in [-0.1, -0.05) is 6.92 Å². The van der Waals surface area contributed by atoms with Crippen LogP contribution in [0.1, 0.15) is 27.2 Å². The SMILES string of the molecule is CCC(C)N(CC)c1ccc(S(C)(=O)=O)cc1N. The summed E-state index contributed by atoms with van der Waals surface area (Å²) in [5.74, 6) is 0. The molecule has 102 valence electrons. The summed E-state index contributed by atoms with van der Waals surface area (Å²) >= 11 is 0. The predicted molar refractivity (Wildman–Crippen MR) is 76.7 cm³/mol. The van der Waals surface area contributed by atoms with Crippen LogP contribution < -0.4 is 10.6 Å². The number of hydrogen-bond acceptors (Lipinski definition) is 4. The molecule has 1 unspecified atom stereocenters. The lowest BCUT2D eigenvalue weighted by Gasteiger charge is -2.30. The van der Waals surface area contributed by atoms with E-state index in [9.17, 15) is 8.42 Å². The topological polar surface area (TPSA) is 63.4 Å². The first-order valence-electron chi connectivity index (χ1n) is 6.17. The Morgan fingerprint density at radius 3 is 2.33 bits per heavy atom. The Balaban J connectivity index is 3.20. The fraction of sp³-hybridized carbons (Fsp3) is 0.538. The average Bonchev–Trinajstić information content (AvgIpc) is 2.30. The van der Waals surface area contributed by atoms with Crippen LogP contribution in [0.5, 0.6) is 0 Å². The zero-order chi connectivity index (χ0) is 13.9. The van der Waals surface area contributed by atoms with E-state index in [1.54, 1.807) is 12.1 Å². The number of anilines is 2. The van der Waals surface area contributed by atoms with Gasteiger partial charge in [-0.05, 0) is 38.5 Å². The quantitative estimate of drug-likeness (QED) is 0.834. The van der Waals surface area contributed by atoms with Crippen LogP contribution in [0.25, 0.3) is 0 Å². The lowest BCUT2D eigenvalue weighted by molar-refractivity contribution is 0.601. The monoisotopic (exact) mass is 270 g/mol. The molecule has 0 aliphatic carbocycles. The van der Waals surface area contributed by atoms with Crippen molar-refractivity contribution in [1.82, 2.24) is 0 Å². The van der Waals surface area contributed by atoms with Crippen molar-refractivity contribution in [2.75, 3.05) is 23.4 Å². The van der Waals surface area contributed by atoms with E-state index in [-0.39, 0.29) is 4.90 Å². The number of nitrogens with zero attached hydrogens (tertiary/aromatic N) is 1. The minimum atomic E-state index is -3.20. The van der Waals surface area contributed by atoms with Gasteiger partial charge in [0.05, 0.1) is 16.3 Å². The van der Waals surface area contributed by atoms with E-state index in [4.69, 9.17) is 5.73 Å². The summed E-state index contributed by atoms with van der Waals surface area (Å²) in [4.78, 5) is 2.45. The molecule has 18 heavy (non-hydrogen) atoms. The minimum Gasteiger partial charge on any atom is -0.397 e. The Kier molecular flexibility index (Phi) is 4.62. The van der Waals surface area contributed by atoms with E-state index in [1.807, 2.05) is 0 Å². The molecule has 1 aromatic carbocycles. The fourth-order valence-corrected chi connectivity index (χ4v) is 2.62. The number of nitrogen functional groups attached to an aromatic ring is 1. The van der Waals surface area contributed by atoms with Gasteiger partial charge in [0, 0.05) is 18.8 Å². The average molecular weight is 270 g/mol. The first kappa shape index (κ1) is 14.8. The standard InChI is InChI=1S/C13H22N2O2S/c1-5-10(3)15(6-2)13-8-7-11(9-12(13)14)18(4,16)17/h7-10H,5-6,14H2,1-4H3. The maximum Gasteiger partial charge on any atom is 0.175 e. The second-order valence-corrected chi connectivity index (χ2v) is 6.55. The van der Waals surface area contributed by atoms with Gasteiger partial charge >= 0.3 is 0 Å². The largest absolute Gasteiger partial charge is 0.397 e. The number of rotatable bonds is 5. The van der Waals surface area contributed by atoms with Crippen molar-refractivity contribution >= 4 is 21.2 Å². The van der Waals surface area contributed by atoms with Gasteiger partial charge in [-0.2, -0.15) is 0 Å². The van der Waals surface area contributed by atoms with Crippen molar-refractivity contribution in [3.8, 4) is 0 Å². The Labute approximate surface area is 110 Å². The molecule has 0 aromatic heterocycles. The van der Waals surface area contributed by atoms with E-state index < -0.39 is 9.84 Å². The van der Waals surface area contributed by atoms with Crippen molar-refractivity contribution in [3.05, 3.63) is 18.2 Å². The highest BCUT2D eigenvalue weighted by Gasteiger charge is 2.16. The maximum atomic E-state index is 11.5. The van der Waals surface area contributed by atoms with Gasteiger partial charge in [-0.25, -0.2) is 8.42 Å². The molecule has 0 aliphatic heterocycles. The third-order valence-electron chi connectivity index (χ3n) is 3.20. The van der Waals surface area contributed by atoms with Gasteiger partial charge in [0.1, 0.15) is 0 Å². The molecule has 0 aliphatic rings. The molecule has 0 saturated carbocycles. The molecule has 0 radical (unpaired) electrons. The minimum absolute atomic E-state index is 0.268. The van der Waals surface area contributed by atoms with E-state index in [2.05, 4.69) is 25.7 Å². The number of hydrogen-bond donors (Lipinski definition) is 1. The summed E-state index contributed by atoms with van der Waals surface area (Å²) in [7, 11) is -3.20. The van der Waals surface area contributed by atoms with E-state index in [0.29, 0.717) is 11.7 Å². The first-order valence-corrected chi connectivity index (χ1v) is 8.06. The van der Waals surface area contributed by atoms with Gasteiger partial charge in [0.15, 0.2) is 9.84 Å². The van der Waals surface area contributed by atoms with Gasteiger partial charge in [0.2, 0.25) is 0 Å². The first-order chi connectivity index (χ1) is 8.31. The summed E-state index contributed by atoms with van der Waals surface area (Å²) in [5, 5.41) is 0. The van der Waals surface area contributed by atoms with Gasteiger partial charge in [-0.3, -0.25) is 0 Å². The molecule has 1 rings (SSSR count). The van der Waals surface area contributed by atoms with E-state index in [1.165, 1.54) is 12.3 Å². The zero-order valence-electron chi connectivity index (χ0n) is 11.5. The third kappa shape index (κ3) is 3.16. The number of sulfone groups is 1. The van der Waals surface area contributed by atoms with Crippen molar-refractivity contribution in [2.24, 2.45) is 0 Å². The molecule has 1 atom stereocenters. The molecule has 0 saturated heterocycles. The highest BCUT2D eigenvalue weighted by Crippen LogP contribution is 2.28. The van der Waals surface area contributed by atoms with Gasteiger partial charge < -0.3 is 10.6 Å². The molecule has 2 N–H and O–H groups in total. The number of benzene rings is 1. The van der Waals surface area contributed by atoms with Crippen molar-refractivity contribution in [1.29, 1.82) is 0 Å². The molecule has 1 aromatic rings. The van der Waals surface area contributed by atoms with Crippen molar-refractivity contribution in [3.63, 3.8) is 0 Å². The van der Waals surface area contributed by atoms with Crippen LogP contribution >= 0.6 is 0 Å². The van der Waals surface area contributed by atoms with Crippen LogP contribution in [0.2, 0.25) is 0 Å². The molecular formula is C13H22N2O2S. The number of nitrogens with two attached hydrogens (primary N) is 1. The molecule has 0 spiro atoms. The summed E-state index contributed by atoms with van der Waals surface area (Å²) in [6, 6.07) is 5.32. The van der Waals surface area contributed by atoms with Crippen molar-refractivity contribution in [2.45, 2.75) is 38.1 Å². The Morgan fingerprint density at radius 2 is 1.94 bits per heavy atom. The highest BCUT2D eigenvalue weighted by molar-refractivity contribution is 7.90. The van der Waals surface area contributed by atoms with E-state index in [0.717, 1.165) is 18.7 Å². The predicted octanol–water partition coefficient (Wildman–Crippen LogP) is 2.30. The third-order valence-corrected chi connectivity index (χ3v) is 4.31. The molecule has 0 fully saturated rings. The summed E-state index contributed by atoms with van der Waals surface area (Å²) in [6.07, 6.45) is 2.20. The highest BCUT2D eigenvalue weighted by atomic mass is 32.2. The summed E-state index contributed by atoms with van der Waals surface area (Å²) in [5.41, 5.74) is 7.40. The summed E-state index contributed by atoms with van der Waals surface area (Å²) < 4.78 is 22.9. The van der Waals surface area contributed by atoms with Crippen LogP contribution in [0.3, 0.4) is 0 Å². The van der Waals surface area contributed by atoms with Crippen LogP contribution in [0, 0.1) is 0 Å². The fourth-order valence-electron chi connectivity index (χ4n) is 1.96. The van der Waals surface area contributed by atoms with Crippen LogP contribution in [-0.2, 0) is 9.84 Å². The second-order valence-electron chi connectivity index (χ2n) is 4.54.